The molecule has 0 spiro atoms. The first kappa shape index (κ1) is 23.5. The van der Waals surface area contributed by atoms with Crippen LogP contribution in [0.4, 0.5) is 5.69 Å². The predicted octanol–water partition coefficient (Wildman–Crippen LogP) is 6.06. The molecule has 32 heavy (non-hydrogen) atoms. The molecule has 0 saturated carbocycles. The summed E-state index contributed by atoms with van der Waals surface area (Å²) in [4.78, 5) is 25.5. The van der Waals surface area contributed by atoms with Gasteiger partial charge in [-0.25, -0.2) is 0 Å². The zero-order chi connectivity index (χ0) is 22.9. The fraction of sp³-hybridized carbons (Fsp3) is 0.231. The van der Waals surface area contributed by atoms with E-state index in [4.69, 9.17) is 4.74 Å². The molecule has 0 aromatic heterocycles. The quantitative estimate of drug-likeness (QED) is 0.380. The SMILES string of the molecule is CC(C)CCOc1ccc(Br)cc1C(=O)Nc1cccc(C(=O)NCc2ccccc2)c1. The van der Waals surface area contributed by atoms with Gasteiger partial charge in [-0.15, -0.1) is 0 Å². The highest BCUT2D eigenvalue weighted by molar-refractivity contribution is 9.10. The topological polar surface area (TPSA) is 67.4 Å². The first-order valence-corrected chi connectivity index (χ1v) is 11.4. The molecule has 0 unspecified atom stereocenters. The van der Waals surface area contributed by atoms with Crippen LogP contribution in [0.15, 0.2) is 77.3 Å². The smallest absolute Gasteiger partial charge is 0.259 e. The van der Waals surface area contributed by atoms with Crippen molar-refractivity contribution in [3.8, 4) is 5.75 Å². The maximum atomic E-state index is 13.0. The molecule has 0 aliphatic rings. The Balaban J connectivity index is 1.68. The van der Waals surface area contributed by atoms with E-state index in [-0.39, 0.29) is 11.8 Å². The largest absolute Gasteiger partial charge is 0.493 e. The second-order valence-corrected chi connectivity index (χ2v) is 8.79. The van der Waals surface area contributed by atoms with Gasteiger partial charge in [-0.2, -0.15) is 0 Å². The number of rotatable bonds is 9. The van der Waals surface area contributed by atoms with Crippen LogP contribution < -0.4 is 15.4 Å². The molecule has 0 radical (unpaired) electrons. The Labute approximate surface area is 197 Å². The van der Waals surface area contributed by atoms with Crippen LogP contribution in [-0.4, -0.2) is 18.4 Å². The Morgan fingerprint density at radius 3 is 2.47 bits per heavy atom. The normalized spacial score (nSPS) is 10.6. The van der Waals surface area contributed by atoms with E-state index >= 15 is 0 Å². The van der Waals surface area contributed by atoms with Crippen molar-refractivity contribution in [2.75, 3.05) is 11.9 Å². The van der Waals surface area contributed by atoms with Gasteiger partial charge in [-0.1, -0.05) is 66.2 Å². The van der Waals surface area contributed by atoms with Gasteiger partial charge in [0, 0.05) is 22.3 Å². The van der Waals surface area contributed by atoms with Crippen molar-refractivity contribution >= 4 is 33.4 Å². The molecule has 2 N–H and O–H groups in total. The van der Waals surface area contributed by atoms with Gasteiger partial charge < -0.3 is 15.4 Å². The zero-order valence-corrected chi connectivity index (χ0v) is 19.8. The van der Waals surface area contributed by atoms with Crippen molar-refractivity contribution in [3.05, 3.63) is 94.0 Å². The molecular weight excluding hydrogens is 468 g/mol. The summed E-state index contributed by atoms with van der Waals surface area (Å²) in [6.07, 6.45) is 0.900. The third kappa shape index (κ3) is 6.95. The van der Waals surface area contributed by atoms with Crippen molar-refractivity contribution in [1.29, 1.82) is 0 Å². The van der Waals surface area contributed by atoms with Crippen molar-refractivity contribution in [2.45, 2.75) is 26.8 Å². The average Bonchev–Trinajstić information content (AvgIpc) is 2.79. The highest BCUT2D eigenvalue weighted by Gasteiger charge is 2.15. The van der Waals surface area contributed by atoms with Crippen molar-refractivity contribution in [3.63, 3.8) is 0 Å². The molecule has 5 nitrogen and oxygen atoms in total. The summed E-state index contributed by atoms with van der Waals surface area (Å²) in [7, 11) is 0. The van der Waals surface area contributed by atoms with E-state index in [1.54, 1.807) is 36.4 Å². The molecule has 166 valence electrons. The number of nitrogens with one attached hydrogen (secondary N) is 2. The number of anilines is 1. The molecule has 0 fully saturated rings. The van der Waals surface area contributed by atoms with E-state index in [2.05, 4.69) is 40.4 Å². The van der Waals surface area contributed by atoms with Crippen LogP contribution in [0, 0.1) is 5.92 Å². The molecule has 2 amide bonds. The lowest BCUT2D eigenvalue weighted by molar-refractivity contribution is 0.0949. The lowest BCUT2D eigenvalue weighted by Crippen LogP contribution is -2.23. The molecule has 0 heterocycles. The highest BCUT2D eigenvalue weighted by atomic mass is 79.9. The van der Waals surface area contributed by atoms with Crippen LogP contribution >= 0.6 is 15.9 Å². The number of amides is 2. The van der Waals surface area contributed by atoms with E-state index in [1.165, 1.54) is 0 Å². The van der Waals surface area contributed by atoms with Gasteiger partial charge in [0.05, 0.1) is 12.2 Å². The van der Waals surface area contributed by atoms with E-state index in [0.717, 1.165) is 16.5 Å². The van der Waals surface area contributed by atoms with Gasteiger partial charge in [0.15, 0.2) is 0 Å². The van der Waals surface area contributed by atoms with Gasteiger partial charge in [-0.3, -0.25) is 9.59 Å². The van der Waals surface area contributed by atoms with Crippen molar-refractivity contribution in [1.82, 2.24) is 5.32 Å². The number of halogens is 1. The van der Waals surface area contributed by atoms with Crippen molar-refractivity contribution < 1.29 is 14.3 Å². The third-order valence-corrected chi connectivity index (χ3v) is 5.31. The highest BCUT2D eigenvalue weighted by Crippen LogP contribution is 2.25. The van der Waals surface area contributed by atoms with E-state index in [0.29, 0.717) is 41.6 Å². The van der Waals surface area contributed by atoms with Gasteiger partial charge in [0.2, 0.25) is 0 Å². The van der Waals surface area contributed by atoms with Crippen LogP contribution in [0.5, 0.6) is 5.75 Å². The van der Waals surface area contributed by atoms with Crippen LogP contribution in [0.25, 0.3) is 0 Å². The van der Waals surface area contributed by atoms with E-state index in [1.807, 2.05) is 36.4 Å². The summed E-state index contributed by atoms with van der Waals surface area (Å²) in [6, 6.07) is 21.9. The fourth-order valence-electron chi connectivity index (χ4n) is 3.03. The number of carbonyl (C=O) groups excluding carboxylic acids is 2. The fourth-order valence-corrected chi connectivity index (χ4v) is 3.39. The van der Waals surface area contributed by atoms with Crippen LogP contribution in [0.3, 0.4) is 0 Å². The summed E-state index contributed by atoms with van der Waals surface area (Å²) in [6.45, 7) is 5.23. The minimum Gasteiger partial charge on any atom is -0.493 e. The summed E-state index contributed by atoms with van der Waals surface area (Å²) in [5, 5.41) is 5.77. The molecular formula is C26H27BrN2O3. The van der Waals surface area contributed by atoms with Crippen LogP contribution in [-0.2, 0) is 6.54 Å². The molecule has 3 aromatic carbocycles. The third-order valence-electron chi connectivity index (χ3n) is 4.82. The molecule has 6 heteroatoms. The number of benzene rings is 3. The summed E-state index contributed by atoms with van der Waals surface area (Å²) < 4.78 is 6.64. The monoisotopic (exact) mass is 494 g/mol. The van der Waals surface area contributed by atoms with E-state index in [9.17, 15) is 9.59 Å². The zero-order valence-electron chi connectivity index (χ0n) is 18.2. The summed E-state index contributed by atoms with van der Waals surface area (Å²) >= 11 is 3.42. The Kier molecular flexibility index (Phi) is 8.45. The number of ether oxygens (including phenoxy) is 1. The van der Waals surface area contributed by atoms with Gasteiger partial charge in [-0.05, 0) is 54.3 Å². The first-order chi connectivity index (χ1) is 15.4. The Hall–Kier alpha value is -3.12. The molecule has 3 aromatic rings. The summed E-state index contributed by atoms with van der Waals surface area (Å²) in [5.41, 5.74) is 2.46. The maximum absolute atomic E-state index is 13.0. The molecule has 3 rings (SSSR count). The van der Waals surface area contributed by atoms with Crippen LogP contribution in [0.1, 0.15) is 46.5 Å². The Morgan fingerprint density at radius 1 is 0.938 bits per heavy atom. The van der Waals surface area contributed by atoms with Crippen molar-refractivity contribution in [2.24, 2.45) is 5.92 Å². The molecule has 0 aliphatic carbocycles. The summed E-state index contributed by atoms with van der Waals surface area (Å²) in [5.74, 6) is 0.541. The van der Waals surface area contributed by atoms with Gasteiger partial charge in [0.1, 0.15) is 5.75 Å². The molecule has 0 bridgehead atoms. The number of hydrogen-bond acceptors (Lipinski definition) is 3. The van der Waals surface area contributed by atoms with Crippen LogP contribution in [0.2, 0.25) is 0 Å². The lowest BCUT2D eigenvalue weighted by atomic mass is 10.1. The predicted molar refractivity (Wildman–Crippen MR) is 131 cm³/mol. The molecule has 0 saturated heterocycles. The average molecular weight is 495 g/mol. The van der Waals surface area contributed by atoms with E-state index < -0.39 is 0 Å². The van der Waals surface area contributed by atoms with Gasteiger partial charge in [0.25, 0.3) is 11.8 Å². The van der Waals surface area contributed by atoms with Gasteiger partial charge >= 0.3 is 0 Å². The Morgan fingerprint density at radius 2 is 1.72 bits per heavy atom. The second kappa shape index (κ2) is 11.5. The molecule has 0 aliphatic heterocycles. The number of carbonyl (C=O) groups is 2. The second-order valence-electron chi connectivity index (χ2n) is 7.87. The minimum absolute atomic E-state index is 0.204. The standard InChI is InChI=1S/C26H27BrN2O3/c1-18(2)13-14-32-24-12-11-21(27)16-23(24)26(31)29-22-10-6-9-20(15-22)25(30)28-17-19-7-4-3-5-8-19/h3-12,15-16,18H,13-14,17H2,1-2H3,(H,28,30)(H,29,31). The lowest BCUT2D eigenvalue weighted by Gasteiger charge is -2.14. The maximum Gasteiger partial charge on any atom is 0.259 e. The molecule has 0 atom stereocenters. The Bertz CT molecular complexity index is 1070. The minimum atomic E-state index is -0.298. The first-order valence-electron chi connectivity index (χ1n) is 10.6. The number of hydrogen-bond donors (Lipinski definition) is 2.